The van der Waals surface area contributed by atoms with E-state index >= 15 is 0 Å². The number of likely N-dealkylation sites (N-methyl/N-ethyl adjacent to an activating group) is 1. The molecule has 0 aromatic heterocycles. The van der Waals surface area contributed by atoms with Gasteiger partial charge in [0.05, 0.1) is 5.75 Å². The summed E-state index contributed by atoms with van der Waals surface area (Å²) in [6, 6.07) is 15.5. The van der Waals surface area contributed by atoms with Crippen molar-refractivity contribution in [2.75, 3.05) is 12.3 Å². The molecule has 2 rings (SSSR count). The van der Waals surface area contributed by atoms with Crippen LogP contribution in [0, 0.1) is 5.82 Å². The first-order chi connectivity index (χ1) is 13.5. The third kappa shape index (κ3) is 6.68. The Hall–Kier alpha value is -2.34. The van der Waals surface area contributed by atoms with Gasteiger partial charge in [-0.25, -0.2) is 4.39 Å². The Balaban J connectivity index is 2.09. The number of rotatable bonds is 10. The largest absolute Gasteiger partial charge is 0.355 e. The molecule has 28 heavy (non-hydrogen) atoms. The third-order valence-corrected chi connectivity index (χ3v) is 5.33. The molecule has 0 aliphatic heterocycles. The first kappa shape index (κ1) is 22.0. The van der Waals surface area contributed by atoms with Gasteiger partial charge in [-0.2, -0.15) is 0 Å². The van der Waals surface area contributed by atoms with Crippen LogP contribution >= 0.6 is 11.8 Å². The van der Waals surface area contributed by atoms with Crippen LogP contribution in [0.25, 0.3) is 0 Å². The smallest absolute Gasteiger partial charge is 0.242 e. The normalized spacial score (nSPS) is 11.7. The van der Waals surface area contributed by atoms with Crippen LogP contribution in [0.2, 0.25) is 0 Å². The summed E-state index contributed by atoms with van der Waals surface area (Å²) >= 11 is 1.53. The molecule has 0 radical (unpaired) electrons. The molecule has 4 nitrogen and oxygen atoms in total. The quantitative estimate of drug-likeness (QED) is 0.653. The number of amides is 2. The standard InChI is InChI=1S/C22H27FN2O2S/c1-3-20(22(27)24-4-2)25(14-17-10-12-19(23)13-11-17)21(26)16-28-15-18-8-6-5-7-9-18/h5-13,20H,3-4,14-16H2,1-2H3,(H,24,27)/t20-/m0/s1. The molecule has 150 valence electrons. The van der Waals surface area contributed by atoms with Crippen molar-refractivity contribution < 1.29 is 14.0 Å². The molecule has 0 aliphatic rings. The molecule has 2 amide bonds. The van der Waals surface area contributed by atoms with E-state index in [9.17, 15) is 14.0 Å². The van der Waals surface area contributed by atoms with Crippen molar-refractivity contribution in [3.63, 3.8) is 0 Å². The van der Waals surface area contributed by atoms with E-state index in [4.69, 9.17) is 0 Å². The maximum atomic E-state index is 13.2. The molecule has 2 aromatic rings. The molecule has 2 aromatic carbocycles. The van der Waals surface area contributed by atoms with Gasteiger partial charge in [0.1, 0.15) is 11.9 Å². The highest BCUT2D eigenvalue weighted by Crippen LogP contribution is 2.17. The van der Waals surface area contributed by atoms with Crippen LogP contribution < -0.4 is 5.32 Å². The Morgan fingerprint density at radius 2 is 1.71 bits per heavy atom. The van der Waals surface area contributed by atoms with Gasteiger partial charge >= 0.3 is 0 Å². The van der Waals surface area contributed by atoms with E-state index in [1.807, 2.05) is 44.2 Å². The second kappa shape index (κ2) is 11.5. The van der Waals surface area contributed by atoms with Gasteiger partial charge in [0, 0.05) is 18.8 Å². The summed E-state index contributed by atoms with van der Waals surface area (Å²) in [6.45, 7) is 4.53. The first-order valence-electron chi connectivity index (χ1n) is 9.48. The van der Waals surface area contributed by atoms with Crippen molar-refractivity contribution in [2.45, 2.75) is 38.6 Å². The summed E-state index contributed by atoms with van der Waals surface area (Å²) in [6.07, 6.45) is 0.516. The minimum absolute atomic E-state index is 0.0941. The average Bonchev–Trinajstić information content (AvgIpc) is 2.70. The number of carbonyl (C=O) groups is 2. The molecular formula is C22H27FN2O2S. The predicted octanol–water partition coefficient (Wildman–Crippen LogP) is 4.00. The van der Waals surface area contributed by atoms with Crippen molar-refractivity contribution in [3.8, 4) is 0 Å². The van der Waals surface area contributed by atoms with E-state index in [1.165, 1.54) is 23.9 Å². The molecule has 0 aliphatic carbocycles. The number of thioether (sulfide) groups is 1. The Bertz CT molecular complexity index is 753. The van der Waals surface area contributed by atoms with Crippen molar-refractivity contribution in [3.05, 3.63) is 71.5 Å². The van der Waals surface area contributed by atoms with E-state index in [1.54, 1.807) is 17.0 Å². The molecule has 1 N–H and O–H groups in total. The van der Waals surface area contributed by atoms with Gasteiger partial charge in [-0.1, -0.05) is 49.4 Å². The summed E-state index contributed by atoms with van der Waals surface area (Å²) in [5, 5.41) is 2.81. The second-order valence-electron chi connectivity index (χ2n) is 6.45. The number of halogens is 1. The van der Waals surface area contributed by atoms with Gasteiger partial charge in [-0.3, -0.25) is 9.59 Å². The SMILES string of the molecule is CCNC(=O)[C@H](CC)N(Cc1ccc(F)cc1)C(=O)CSCc1ccccc1. The minimum atomic E-state index is -0.546. The van der Waals surface area contributed by atoms with Crippen LogP contribution in [0.5, 0.6) is 0 Å². The molecule has 0 saturated carbocycles. The maximum absolute atomic E-state index is 13.2. The number of hydrogen-bond donors (Lipinski definition) is 1. The van der Waals surface area contributed by atoms with E-state index in [-0.39, 0.29) is 29.9 Å². The Morgan fingerprint density at radius 3 is 2.32 bits per heavy atom. The Kier molecular flexibility index (Phi) is 9.01. The fraction of sp³-hybridized carbons (Fsp3) is 0.364. The van der Waals surface area contributed by atoms with E-state index < -0.39 is 6.04 Å². The molecule has 0 saturated heterocycles. The Labute approximate surface area is 170 Å². The lowest BCUT2D eigenvalue weighted by Crippen LogP contribution is -2.49. The van der Waals surface area contributed by atoms with Gasteiger partial charge < -0.3 is 10.2 Å². The summed E-state index contributed by atoms with van der Waals surface area (Å²) in [4.78, 5) is 27.1. The van der Waals surface area contributed by atoms with Crippen LogP contribution in [-0.2, 0) is 21.9 Å². The lowest BCUT2D eigenvalue weighted by atomic mass is 10.1. The van der Waals surface area contributed by atoms with Crippen LogP contribution in [0.15, 0.2) is 54.6 Å². The number of nitrogens with zero attached hydrogens (tertiary/aromatic N) is 1. The van der Waals surface area contributed by atoms with Gasteiger partial charge in [0.2, 0.25) is 11.8 Å². The monoisotopic (exact) mass is 402 g/mol. The number of hydrogen-bond acceptors (Lipinski definition) is 3. The fourth-order valence-electron chi connectivity index (χ4n) is 2.91. The van der Waals surface area contributed by atoms with E-state index in [0.29, 0.717) is 13.0 Å². The van der Waals surface area contributed by atoms with Gasteiger partial charge in [0.25, 0.3) is 0 Å². The summed E-state index contributed by atoms with van der Waals surface area (Å²) < 4.78 is 13.2. The molecule has 1 atom stereocenters. The highest BCUT2D eigenvalue weighted by molar-refractivity contribution is 7.99. The summed E-state index contributed by atoms with van der Waals surface area (Å²) in [7, 11) is 0. The highest BCUT2D eigenvalue weighted by Gasteiger charge is 2.28. The zero-order valence-corrected chi connectivity index (χ0v) is 17.2. The first-order valence-corrected chi connectivity index (χ1v) is 10.6. The molecule has 0 fully saturated rings. The lowest BCUT2D eigenvalue weighted by molar-refractivity contribution is -0.139. The molecule has 0 spiro atoms. The van der Waals surface area contributed by atoms with Gasteiger partial charge in [-0.15, -0.1) is 11.8 Å². The predicted molar refractivity (Wildman–Crippen MR) is 112 cm³/mol. The van der Waals surface area contributed by atoms with E-state index in [2.05, 4.69) is 5.32 Å². The zero-order chi connectivity index (χ0) is 20.4. The van der Waals surface area contributed by atoms with E-state index in [0.717, 1.165) is 16.9 Å². The van der Waals surface area contributed by atoms with Crippen LogP contribution in [0.3, 0.4) is 0 Å². The zero-order valence-electron chi connectivity index (χ0n) is 16.4. The number of benzene rings is 2. The fourth-order valence-corrected chi connectivity index (χ4v) is 3.78. The lowest BCUT2D eigenvalue weighted by Gasteiger charge is -2.30. The van der Waals surface area contributed by atoms with Crippen LogP contribution in [0.1, 0.15) is 31.4 Å². The average molecular weight is 403 g/mol. The van der Waals surface area contributed by atoms with Crippen LogP contribution in [-0.4, -0.2) is 35.1 Å². The van der Waals surface area contributed by atoms with Gasteiger partial charge in [-0.05, 0) is 36.6 Å². The number of carbonyl (C=O) groups excluding carboxylic acids is 2. The van der Waals surface area contributed by atoms with Crippen molar-refractivity contribution in [1.82, 2.24) is 10.2 Å². The minimum Gasteiger partial charge on any atom is -0.355 e. The summed E-state index contributed by atoms with van der Waals surface area (Å²) in [5.41, 5.74) is 1.95. The molecule has 0 unspecified atom stereocenters. The van der Waals surface area contributed by atoms with Gasteiger partial charge in [0.15, 0.2) is 0 Å². The van der Waals surface area contributed by atoms with Crippen LogP contribution in [0.4, 0.5) is 4.39 Å². The number of nitrogens with one attached hydrogen (secondary N) is 1. The topological polar surface area (TPSA) is 49.4 Å². The van der Waals surface area contributed by atoms with Crippen molar-refractivity contribution in [2.24, 2.45) is 0 Å². The van der Waals surface area contributed by atoms with Crippen molar-refractivity contribution >= 4 is 23.6 Å². The third-order valence-electron chi connectivity index (χ3n) is 4.34. The molecule has 0 heterocycles. The Morgan fingerprint density at radius 1 is 1.04 bits per heavy atom. The second-order valence-corrected chi connectivity index (χ2v) is 7.43. The molecule has 6 heteroatoms. The molecular weight excluding hydrogens is 375 g/mol. The summed E-state index contributed by atoms with van der Waals surface area (Å²) in [5.74, 6) is 0.439. The highest BCUT2D eigenvalue weighted by atomic mass is 32.2. The van der Waals surface area contributed by atoms with Crippen molar-refractivity contribution in [1.29, 1.82) is 0 Å². The maximum Gasteiger partial charge on any atom is 0.242 e. The molecule has 0 bridgehead atoms.